The molecule has 0 N–H and O–H groups in total. The Bertz CT molecular complexity index is 1210. The number of benzene rings is 3. The van der Waals surface area contributed by atoms with Crippen molar-refractivity contribution in [2.24, 2.45) is 4.99 Å². The number of aromatic nitrogens is 1. The van der Waals surface area contributed by atoms with E-state index >= 15 is 0 Å². The number of thiazole rings is 1. The van der Waals surface area contributed by atoms with Crippen LogP contribution in [0.2, 0.25) is 0 Å². The number of carbonyl (C=O) groups excluding carboxylic acids is 1. The third kappa shape index (κ3) is 2.78. The van der Waals surface area contributed by atoms with Gasteiger partial charge in [-0.3, -0.25) is 4.79 Å². The number of aryl methyl sites for hydroxylation is 1. The lowest BCUT2D eigenvalue weighted by molar-refractivity contribution is 0.0999. The van der Waals surface area contributed by atoms with E-state index < -0.39 is 0 Å². The molecule has 0 aliphatic heterocycles. The summed E-state index contributed by atoms with van der Waals surface area (Å²) in [6, 6.07) is 19.8. The fourth-order valence-corrected chi connectivity index (χ4v) is 4.37. The lowest BCUT2D eigenvalue weighted by Crippen LogP contribution is -2.16. The van der Waals surface area contributed by atoms with Crippen LogP contribution >= 0.6 is 11.3 Å². The summed E-state index contributed by atoms with van der Waals surface area (Å²) in [7, 11) is 0. The highest BCUT2D eigenvalue weighted by atomic mass is 32.1. The Balaban J connectivity index is 1.93. The highest BCUT2D eigenvalue weighted by Gasteiger charge is 2.12. The lowest BCUT2D eigenvalue weighted by Gasteiger charge is -2.04. The van der Waals surface area contributed by atoms with Gasteiger partial charge in [0.2, 0.25) is 0 Å². The minimum absolute atomic E-state index is 0.219. The average molecular weight is 358 g/mol. The topological polar surface area (TPSA) is 34.4 Å². The van der Waals surface area contributed by atoms with Crippen molar-refractivity contribution < 1.29 is 4.79 Å². The molecule has 0 saturated heterocycles. The summed E-state index contributed by atoms with van der Waals surface area (Å²) in [6.07, 6.45) is 1.83. The Morgan fingerprint density at radius 2 is 1.88 bits per heavy atom. The first kappa shape index (κ1) is 16.5. The maximum Gasteiger partial charge on any atom is 0.280 e. The molecule has 0 unspecified atom stereocenters. The number of nitrogens with zero attached hydrogens (tertiary/aromatic N) is 2. The fourth-order valence-electron chi connectivity index (χ4n) is 3.25. The van der Waals surface area contributed by atoms with Crippen LogP contribution in [0.25, 0.3) is 21.0 Å². The van der Waals surface area contributed by atoms with Gasteiger partial charge in [0.25, 0.3) is 5.91 Å². The quantitative estimate of drug-likeness (QED) is 0.470. The van der Waals surface area contributed by atoms with Crippen LogP contribution in [0, 0.1) is 6.92 Å². The molecule has 1 amide bonds. The van der Waals surface area contributed by atoms with Crippen molar-refractivity contribution in [3.63, 3.8) is 0 Å². The van der Waals surface area contributed by atoms with Crippen LogP contribution < -0.4 is 4.80 Å². The van der Waals surface area contributed by atoms with Gasteiger partial charge in [-0.05, 0) is 35.4 Å². The Morgan fingerprint density at radius 3 is 2.73 bits per heavy atom. The van der Waals surface area contributed by atoms with Crippen LogP contribution in [0.3, 0.4) is 0 Å². The first-order valence-corrected chi connectivity index (χ1v) is 9.27. The number of fused-ring (bicyclic) bond motifs is 2. The summed E-state index contributed by atoms with van der Waals surface area (Å²) in [5, 5.41) is 1.97. The molecule has 1 heterocycles. The summed E-state index contributed by atoms with van der Waals surface area (Å²) in [6.45, 7) is 6.54. The second-order valence-corrected chi connectivity index (χ2v) is 7.16. The standard InChI is InChI=1S/C22H18N2OS/c1-3-14-24-20-15(2)8-6-13-19(20)26-22(24)23-21(25)18-12-7-10-16-9-4-5-11-17(16)18/h3-13H,1,14H2,2H3. The molecule has 0 aliphatic carbocycles. The van der Waals surface area contributed by atoms with E-state index in [1.807, 2.05) is 54.6 Å². The largest absolute Gasteiger partial charge is 0.312 e. The van der Waals surface area contributed by atoms with Gasteiger partial charge in [-0.1, -0.05) is 65.9 Å². The van der Waals surface area contributed by atoms with Crippen LogP contribution in [-0.2, 0) is 6.54 Å². The van der Waals surface area contributed by atoms with E-state index in [9.17, 15) is 4.79 Å². The van der Waals surface area contributed by atoms with E-state index in [4.69, 9.17) is 0 Å². The van der Waals surface area contributed by atoms with Crippen molar-refractivity contribution in [2.75, 3.05) is 0 Å². The van der Waals surface area contributed by atoms with E-state index in [0.29, 0.717) is 16.9 Å². The number of hydrogen-bond donors (Lipinski definition) is 0. The molecule has 0 fully saturated rings. The Labute approximate surface area is 155 Å². The molecule has 0 saturated carbocycles. The van der Waals surface area contributed by atoms with E-state index in [1.54, 1.807) is 0 Å². The van der Waals surface area contributed by atoms with Gasteiger partial charge in [-0.2, -0.15) is 4.99 Å². The van der Waals surface area contributed by atoms with Crippen molar-refractivity contribution in [2.45, 2.75) is 13.5 Å². The van der Waals surface area contributed by atoms with Gasteiger partial charge in [-0.25, -0.2) is 0 Å². The van der Waals surface area contributed by atoms with Gasteiger partial charge in [0.05, 0.1) is 10.2 Å². The Kier molecular flexibility index (Phi) is 4.27. The minimum atomic E-state index is -0.219. The van der Waals surface area contributed by atoms with Crippen molar-refractivity contribution in [1.29, 1.82) is 0 Å². The third-order valence-corrected chi connectivity index (χ3v) is 5.48. The summed E-state index contributed by atoms with van der Waals surface area (Å²) in [4.78, 5) is 18.1. The zero-order valence-corrected chi connectivity index (χ0v) is 15.3. The van der Waals surface area contributed by atoms with Crippen molar-refractivity contribution in [1.82, 2.24) is 4.57 Å². The monoisotopic (exact) mass is 358 g/mol. The summed E-state index contributed by atoms with van der Waals surface area (Å²) < 4.78 is 3.18. The molecule has 1 aromatic heterocycles. The Hall–Kier alpha value is -2.98. The maximum atomic E-state index is 12.9. The fraction of sp³-hybridized carbons (Fsp3) is 0.0909. The first-order valence-electron chi connectivity index (χ1n) is 8.45. The number of hydrogen-bond acceptors (Lipinski definition) is 2. The van der Waals surface area contributed by atoms with Crippen molar-refractivity contribution in [3.8, 4) is 0 Å². The molecule has 0 bridgehead atoms. The predicted octanol–water partition coefficient (Wildman–Crippen LogP) is 5.09. The summed E-state index contributed by atoms with van der Waals surface area (Å²) in [5.41, 5.74) is 2.91. The summed E-state index contributed by atoms with van der Waals surface area (Å²) in [5.74, 6) is -0.219. The molecular weight excluding hydrogens is 340 g/mol. The molecule has 3 nitrogen and oxygen atoms in total. The smallest absolute Gasteiger partial charge is 0.280 e. The average Bonchev–Trinajstić information content (AvgIpc) is 3.00. The van der Waals surface area contributed by atoms with Crippen LogP contribution in [0.4, 0.5) is 0 Å². The number of allylic oxidation sites excluding steroid dienone is 1. The van der Waals surface area contributed by atoms with Crippen LogP contribution in [-0.4, -0.2) is 10.5 Å². The molecule has 0 spiro atoms. The van der Waals surface area contributed by atoms with E-state index in [-0.39, 0.29) is 5.91 Å². The van der Waals surface area contributed by atoms with Gasteiger partial charge in [0.15, 0.2) is 4.80 Å². The first-order chi connectivity index (χ1) is 12.7. The molecule has 26 heavy (non-hydrogen) atoms. The predicted molar refractivity (Wildman–Crippen MR) is 109 cm³/mol. The number of rotatable bonds is 3. The molecule has 0 radical (unpaired) electrons. The third-order valence-electron chi connectivity index (χ3n) is 4.43. The van der Waals surface area contributed by atoms with Gasteiger partial charge in [0.1, 0.15) is 0 Å². The van der Waals surface area contributed by atoms with Crippen molar-refractivity contribution >= 4 is 38.2 Å². The molecular formula is C22H18N2OS. The molecule has 0 aliphatic rings. The minimum Gasteiger partial charge on any atom is -0.312 e. The molecule has 3 aromatic carbocycles. The summed E-state index contributed by atoms with van der Waals surface area (Å²) >= 11 is 1.53. The van der Waals surface area contributed by atoms with Gasteiger partial charge in [-0.15, -0.1) is 6.58 Å². The SMILES string of the molecule is C=CCn1c(=NC(=O)c2cccc3ccccc23)sc2cccc(C)c21. The second kappa shape index (κ2) is 6.73. The van der Waals surface area contributed by atoms with E-state index in [0.717, 1.165) is 21.0 Å². The van der Waals surface area contributed by atoms with Gasteiger partial charge < -0.3 is 4.57 Å². The highest BCUT2D eigenvalue weighted by Crippen LogP contribution is 2.22. The van der Waals surface area contributed by atoms with Crippen LogP contribution in [0.15, 0.2) is 78.3 Å². The van der Waals surface area contributed by atoms with Crippen LogP contribution in [0.1, 0.15) is 15.9 Å². The molecule has 4 aromatic rings. The lowest BCUT2D eigenvalue weighted by atomic mass is 10.0. The second-order valence-electron chi connectivity index (χ2n) is 6.15. The Morgan fingerprint density at radius 1 is 1.12 bits per heavy atom. The van der Waals surface area contributed by atoms with Gasteiger partial charge >= 0.3 is 0 Å². The van der Waals surface area contributed by atoms with Crippen LogP contribution in [0.5, 0.6) is 0 Å². The number of amides is 1. The zero-order chi connectivity index (χ0) is 18.1. The van der Waals surface area contributed by atoms with Gasteiger partial charge in [0, 0.05) is 12.1 Å². The zero-order valence-electron chi connectivity index (χ0n) is 14.5. The van der Waals surface area contributed by atoms with E-state index in [2.05, 4.69) is 35.2 Å². The van der Waals surface area contributed by atoms with E-state index in [1.165, 1.54) is 16.9 Å². The molecule has 128 valence electrons. The number of carbonyl (C=O) groups is 1. The normalized spacial score (nSPS) is 12.0. The molecule has 4 heteroatoms. The molecule has 0 atom stereocenters. The number of para-hydroxylation sites is 1. The highest BCUT2D eigenvalue weighted by molar-refractivity contribution is 7.16. The van der Waals surface area contributed by atoms with Crippen molar-refractivity contribution in [3.05, 3.63) is 89.2 Å². The maximum absolute atomic E-state index is 12.9. The molecule has 4 rings (SSSR count).